The van der Waals surface area contributed by atoms with Crippen LogP contribution in [0.15, 0.2) is 66.9 Å². The van der Waals surface area contributed by atoms with Crippen LogP contribution in [0, 0.1) is 0 Å². The lowest BCUT2D eigenvalue weighted by Crippen LogP contribution is -2.04. The van der Waals surface area contributed by atoms with E-state index in [-0.39, 0.29) is 11.8 Å². The summed E-state index contributed by atoms with van der Waals surface area (Å²) in [6, 6.07) is 19.4. The van der Waals surface area contributed by atoms with E-state index in [1.807, 2.05) is 60.7 Å². The predicted octanol–water partition coefficient (Wildman–Crippen LogP) is 3.98. The maximum Gasteiger partial charge on any atom is 0.214 e. The number of benzene rings is 2. The topological polar surface area (TPSA) is 51.6 Å². The quantitative estimate of drug-likeness (QED) is 0.772. The van der Waals surface area contributed by atoms with Gasteiger partial charge in [0.2, 0.25) is 5.88 Å². The Labute approximate surface area is 141 Å². The largest absolute Gasteiger partial charge is 0.497 e. The summed E-state index contributed by atoms with van der Waals surface area (Å²) in [5, 5.41) is 10.2. The zero-order chi connectivity index (χ0) is 16.9. The predicted molar refractivity (Wildman–Crippen MR) is 92.8 cm³/mol. The van der Waals surface area contributed by atoms with Crippen LogP contribution in [-0.2, 0) is 0 Å². The van der Waals surface area contributed by atoms with Gasteiger partial charge in [-0.1, -0.05) is 30.3 Å². The minimum atomic E-state index is -0.129. The first-order chi connectivity index (χ1) is 11.7. The van der Waals surface area contributed by atoms with Crippen molar-refractivity contribution in [2.75, 3.05) is 14.2 Å². The van der Waals surface area contributed by atoms with Crippen molar-refractivity contribution >= 4 is 0 Å². The van der Waals surface area contributed by atoms with Crippen molar-refractivity contribution in [2.45, 2.75) is 5.92 Å². The molecule has 0 radical (unpaired) electrons. The summed E-state index contributed by atoms with van der Waals surface area (Å²) in [5.74, 6) is 1.50. The smallest absolute Gasteiger partial charge is 0.214 e. The molecule has 0 saturated heterocycles. The van der Waals surface area contributed by atoms with E-state index in [4.69, 9.17) is 9.47 Å². The van der Waals surface area contributed by atoms with Gasteiger partial charge in [0.05, 0.1) is 14.2 Å². The molecule has 0 bridgehead atoms. The Balaban J connectivity index is 2.10. The second-order valence-electron chi connectivity index (χ2n) is 5.40. The SMILES string of the molecule is COc1ccc(C(c2ccc(OC)cc2)c2cccnc2O)cc1. The van der Waals surface area contributed by atoms with Crippen LogP contribution < -0.4 is 9.47 Å². The van der Waals surface area contributed by atoms with Gasteiger partial charge in [0.1, 0.15) is 11.5 Å². The zero-order valence-electron chi connectivity index (χ0n) is 13.6. The second-order valence-corrected chi connectivity index (χ2v) is 5.40. The molecule has 3 aromatic rings. The Morgan fingerprint density at radius 3 is 1.71 bits per heavy atom. The first kappa shape index (κ1) is 15.9. The first-order valence-corrected chi connectivity index (χ1v) is 7.64. The molecule has 0 aliphatic rings. The van der Waals surface area contributed by atoms with Crippen molar-refractivity contribution < 1.29 is 14.6 Å². The highest BCUT2D eigenvalue weighted by Gasteiger charge is 2.20. The number of methoxy groups -OCH3 is 2. The highest BCUT2D eigenvalue weighted by atomic mass is 16.5. The van der Waals surface area contributed by atoms with E-state index in [0.717, 1.165) is 28.2 Å². The van der Waals surface area contributed by atoms with Crippen molar-refractivity contribution in [3.05, 3.63) is 83.6 Å². The van der Waals surface area contributed by atoms with Gasteiger partial charge in [0.25, 0.3) is 0 Å². The average molecular weight is 321 g/mol. The van der Waals surface area contributed by atoms with Crippen molar-refractivity contribution in [3.63, 3.8) is 0 Å². The monoisotopic (exact) mass is 321 g/mol. The van der Waals surface area contributed by atoms with Crippen molar-refractivity contribution in [2.24, 2.45) is 0 Å². The van der Waals surface area contributed by atoms with Crippen LogP contribution in [-0.4, -0.2) is 24.3 Å². The number of aromatic hydroxyl groups is 1. The Morgan fingerprint density at radius 2 is 1.29 bits per heavy atom. The fraction of sp³-hybridized carbons (Fsp3) is 0.150. The highest BCUT2D eigenvalue weighted by molar-refractivity contribution is 5.48. The third-order valence-electron chi connectivity index (χ3n) is 4.03. The van der Waals surface area contributed by atoms with Gasteiger partial charge in [-0.2, -0.15) is 0 Å². The van der Waals surface area contributed by atoms with Gasteiger partial charge in [-0.3, -0.25) is 0 Å². The Bertz CT molecular complexity index is 750. The Kier molecular flexibility index (Phi) is 4.66. The maximum absolute atomic E-state index is 10.2. The fourth-order valence-electron chi connectivity index (χ4n) is 2.78. The van der Waals surface area contributed by atoms with Gasteiger partial charge in [0.15, 0.2) is 0 Å². The third-order valence-corrected chi connectivity index (χ3v) is 4.03. The minimum absolute atomic E-state index is 0.0362. The molecule has 3 rings (SSSR count). The zero-order valence-corrected chi connectivity index (χ0v) is 13.6. The van der Waals surface area contributed by atoms with Crippen LogP contribution in [0.25, 0.3) is 0 Å². The molecule has 0 fully saturated rings. The lowest BCUT2D eigenvalue weighted by atomic mass is 9.85. The van der Waals surface area contributed by atoms with Crippen LogP contribution in [0.1, 0.15) is 22.6 Å². The van der Waals surface area contributed by atoms with Crippen LogP contribution >= 0.6 is 0 Å². The molecule has 0 atom stereocenters. The Hall–Kier alpha value is -3.01. The number of hydrogen-bond donors (Lipinski definition) is 1. The maximum atomic E-state index is 10.2. The van der Waals surface area contributed by atoms with Crippen molar-refractivity contribution in [1.29, 1.82) is 0 Å². The molecule has 1 aromatic heterocycles. The molecule has 1 heterocycles. The average Bonchev–Trinajstić information content (AvgIpc) is 2.64. The standard InChI is InChI=1S/C20H19NO3/c1-23-16-9-5-14(6-10-16)19(18-4-3-13-21-20(18)22)15-7-11-17(24-2)12-8-15/h3-13,19H,1-2H3,(H,21,22). The molecule has 0 unspecified atom stereocenters. The highest BCUT2D eigenvalue weighted by Crippen LogP contribution is 2.36. The fourth-order valence-corrected chi connectivity index (χ4v) is 2.78. The van der Waals surface area contributed by atoms with E-state index in [0.29, 0.717) is 0 Å². The third kappa shape index (κ3) is 3.18. The molecule has 0 amide bonds. The van der Waals surface area contributed by atoms with Crippen LogP contribution in [0.4, 0.5) is 0 Å². The van der Waals surface area contributed by atoms with E-state index >= 15 is 0 Å². The molecule has 0 aliphatic carbocycles. The number of rotatable bonds is 5. The number of nitrogens with zero attached hydrogens (tertiary/aromatic N) is 1. The summed E-state index contributed by atoms with van der Waals surface area (Å²) in [4.78, 5) is 4.02. The summed E-state index contributed by atoms with van der Waals surface area (Å²) in [6.07, 6.45) is 1.58. The molecule has 2 aromatic carbocycles. The number of hydrogen-bond acceptors (Lipinski definition) is 4. The number of aromatic nitrogens is 1. The molecule has 0 saturated carbocycles. The molecule has 1 N–H and O–H groups in total. The van der Waals surface area contributed by atoms with Gasteiger partial charge < -0.3 is 14.6 Å². The summed E-state index contributed by atoms with van der Waals surface area (Å²) in [5.41, 5.74) is 2.85. The minimum Gasteiger partial charge on any atom is -0.497 e. The molecule has 0 aliphatic heterocycles. The molecule has 0 spiro atoms. The van der Waals surface area contributed by atoms with Crippen LogP contribution in [0.2, 0.25) is 0 Å². The number of ether oxygens (including phenoxy) is 2. The van der Waals surface area contributed by atoms with Gasteiger partial charge in [-0.25, -0.2) is 4.98 Å². The molecule has 4 heteroatoms. The van der Waals surface area contributed by atoms with E-state index in [1.165, 1.54) is 0 Å². The van der Waals surface area contributed by atoms with Gasteiger partial charge >= 0.3 is 0 Å². The van der Waals surface area contributed by atoms with Crippen molar-refractivity contribution in [1.82, 2.24) is 4.98 Å². The molecular formula is C20H19NO3. The van der Waals surface area contributed by atoms with E-state index in [1.54, 1.807) is 20.4 Å². The first-order valence-electron chi connectivity index (χ1n) is 7.64. The lowest BCUT2D eigenvalue weighted by Gasteiger charge is -2.20. The summed E-state index contributed by atoms with van der Waals surface area (Å²) in [7, 11) is 3.28. The van der Waals surface area contributed by atoms with E-state index in [2.05, 4.69) is 4.98 Å². The van der Waals surface area contributed by atoms with Gasteiger partial charge in [0, 0.05) is 17.7 Å². The van der Waals surface area contributed by atoms with Crippen LogP contribution in [0.3, 0.4) is 0 Å². The van der Waals surface area contributed by atoms with E-state index in [9.17, 15) is 5.11 Å². The number of pyridine rings is 1. The molecular weight excluding hydrogens is 302 g/mol. The lowest BCUT2D eigenvalue weighted by molar-refractivity contribution is 0.414. The van der Waals surface area contributed by atoms with Crippen LogP contribution in [0.5, 0.6) is 17.4 Å². The molecule has 4 nitrogen and oxygen atoms in total. The summed E-state index contributed by atoms with van der Waals surface area (Å²) in [6.45, 7) is 0. The van der Waals surface area contributed by atoms with Gasteiger partial charge in [-0.15, -0.1) is 0 Å². The van der Waals surface area contributed by atoms with Gasteiger partial charge in [-0.05, 0) is 41.5 Å². The van der Waals surface area contributed by atoms with E-state index < -0.39 is 0 Å². The second kappa shape index (κ2) is 7.04. The van der Waals surface area contributed by atoms with Crippen molar-refractivity contribution in [3.8, 4) is 17.4 Å². The molecule has 122 valence electrons. The summed E-state index contributed by atoms with van der Waals surface area (Å²) < 4.78 is 10.5. The molecule has 24 heavy (non-hydrogen) atoms. The summed E-state index contributed by atoms with van der Waals surface area (Å²) >= 11 is 0. The normalized spacial score (nSPS) is 10.6. The Morgan fingerprint density at radius 1 is 0.792 bits per heavy atom.